The van der Waals surface area contributed by atoms with E-state index in [4.69, 9.17) is 0 Å². The molecule has 7 heteroatoms. The van der Waals surface area contributed by atoms with Gasteiger partial charge in [0, 0.05) is 19.3 Å². The fourth-order valence-electron chi connectivity index (χ4n) is 3.28. The summed E-state index contributed by atoms with van der Waals surface area (Å²) in [5.74, 6) is 1.39. The Hall–Kier alpha value is -2.80. The molecule has 3 aromatic rings. The van der Waals surface area contributed by atoms with Crippen molar-refractivity contribution in [3.63, 3.8) is 0 Å². The standard InChI is InChI=1S/C20H21N5OS/c1-14-5-2-10-21-19(14)22-20(26)15-6-3-11-25(13-15)18-9-8-16(23-24-18)17-7-4-12-27-17/h2,4-5,7-10,12,15H,3,6,11,13H2,1H3,(H,21,22,26)/t15-/m1/s1. The lowest BCUT2D eigenvalue weighted by Crippen LogP contribution is -2.41. The second-order valence-corrected chi connectivity index (χ2v) is 7.65. The lowest BCUT2D eigenvalue weighted by atomic mass is 9.97. The van der Waals surface area contributed by atoms with Crippen molar-refractivity contribution < 1.29 is 4.79 Å². The first-order valence-electron chi connectivity index (χ1n) is 9.06. The van der Waals surface area contributed by atoms with Crippen LogP contribution in [0.4, 0.5) is 11.6 Å². The Balaban J connectivity index is 1.43. The largest absolute Gasteiger partial charge is 0.354 e. The van der Waals surface area contributed by atoms with Crippen molar-refractivity contribution >= 4 is 28.9 Å². The van der Waals surface area contributed by atoms with Gasteiger partial charge < -0.3 is 10.2 Å². The summed E-state index contributed by atoms with van der Waals surface area (Å²) in [6, 6.07) is 11.8. The van der Waals surface area contributed by atoms with Gasteiger partial charge in [-0.05, 0) is 55.0 Å². The summed E-state index contributed by atoms with van der Waals surface area (Å²) in [5, 5.41) is 13.7. The first-order valence-corrected chi connectivity index (χ1v) is 9.94. The third-order valence-electron chi connectivity index (χ3n) is 4.79. The molecular weight excluding hydrogens is 358 g/mol. The molecule has 0 bridgehead atoms. The average Bonchev–Trinajstić information content (AvgIpc) is 3.25. The molecule has 138 valence electrons. The number of amides is 1. The molecule has 1 N–H and O–H groups in total. The maximum Gasteiger partial charge on any atom is 0.230 e. The van der Waals surface area contributed by atoms with Gasteiger partial charge >= 0.3 is 0 Å². The first-order chi connectivity index (χ1) is 13.2. The van der Waals surface area contributed by atoms with Crippen molar-refractivity contribution in [2.75, 3.05) is 23.3 Å². The fraction of sp³-hybridized carbons (Fsp3) is 0.300. The van der Waals surface area contributed by atoms with Crippen LogP contribution in [0.25, 0.3) is 10.6 Å². The van der Waals surface area contributed by atoms with Crippen LogP contribution in [-0.2, 0) is 4.79 Å². The molecule has 6 nitrogen and oxygen atoms in total. The molecule has 0 unspecified atom stereocenters. The van der Waals surface area contributed by atoms with Gasteiger partial charge in [-0.15, -0.1) is 21.5 Å². The van der Waals surface area contributed by atoms with Crippen molar-refractivity contribution in [2.45, 2.75) is 19.8 Å². The maximum absolute atomic E-state index is 12.7. The number of nitrogens with zero attached hydrogens (tertiary/aromatic N) is 4. The van der Waals surface area contributed by atoms with Crippen molar-refractivity contribution in [3.05, 3.63) is 53.5 Å². The van der Waals surface area contributed by atoms with E-state index in [2.05, 4.69) is 25.4 Å². The highest BCUT2D eigenvalue weighted by molar-refractivity contribution is 7.13. The van der Waals surface area contributed by atoms with Crippen molar-refractivity contribution in [1.29, 1.82) is 0 Å². The Kier molecular flexibility index (Phi) is 5.11. The van der Waals surface area contributed by atoms with Gasteiger partial charge in [0.1, 0.15) is 11.5 Å². The molecule has 1 aliphatic heterocycles. The number of piperidine rings is 1. The van der Waals surface area contributed by atoms with Crippen molar-refractivity contribution in [2.24, 2.45) is 5.92 Å². The number of rotatable bonds is 4. The summed E-state index contributed by atoms with van der Waals surface area (Å²) in [5.41, 5.74) is 1.85. The van der Waals surface area contributed by atoms with E-state index in [0.29, 0.717) is 12.4 Å². The van der Waals surface area contributed by atoms with E-state index in [0.717, 1.165) is 41.3 Å². The van der Waals surface area contributed by atoms with Crippen LogP contribution < -0.4 is 10.2 Å². The number of carbonyl (C=O) groups excluding carboxylic acids is 1. The Labute approximate surface area is 162 Å². The zero-order valence-corrected chi connectivity index (χ0v) is 15.9. The molecule has 3 aromatic heterocycles. The minimum absolute atomic E-state index is 0.0182. The van der Waals surface area contributed by atoms with E-state index in [1.54, 1.807) is 17.5 Å². The van der Waals surface area contributed by atoms with Crippen LogP contribution in [0.3, 0.4) is 0 Å². The molecule has 0 aromatic carbocycles. The van der Waals surface area contributed by atoms with Gasteiger partial charge in [0.05, 0.1) is 10.8 Å². The number of aryl methyl sites for hydroxylation is 1. The molecule has 1 amide bonds. The highest BCUT2D eigenvalue weighted by atomic mass is 32.1. The van der Waals surface area contributed by atoms with Gasteiger partial charge in [0.2, 0.25) is 5.91 Å². The molecule has 1 saturated heterocycles. The molecule has 4 heterocycles. The number of hydrogen-bond acceptors (Lipinski definition) is 6. The topological polar surface area (TPSA) is 71.0 Å². The predicted molar refractivity (Wildman–Crippen MR) is 108 cm³/mol. The van der Waals surface area contributed by atoms with Crippen molar-refractivity contribution in [3.8, 4) is 10.6 Å². The minimum Gasteiger partial charge on any atom is -0.354 e. The lowest BCUT2D eigenvalue weighted by Gasteiger charge is -2.32. The molecule has 0 saturated carbocycles. The van der Waals surface area contributed by atoms with Gasteiger partial charge in [-0.2, -0.15) is 0 Å². The van der Waals surface area contributed by atoms with Gasteiger partial charge in [0.25, 0.3) is 0 Å². The van der Waals surface area contributed by atoms with Crippen LogP contribution in [-0.4, -0.2) is 34.2 Å². The highest BCUT2D eigenvalue weighted by Gasteiger charge is 2.27. The number of thiophene rings is 1. The van der Waals surface area contributed by atoms with Crippen LogP contribution in [0.5, 0.6) is 0 Å². The van der Waals surface area contributed by atoms with Gasteiger partial charge in [-0.3, -0.25) is 4.79 Å². The summed E-state index contributed by atoms with van der Waals surface area (Å²) < 4.78 is 0. The van der Waals surface area contributed by atoms with Crippen LogP contribution in [0.1, 0.15) is 18.4 Å². The summed E-state index contributed by atoms with van der Waals surface area (Å²) in [4.78, 5) is 20.2. The SMILES string of the molecule is Cc1cccnc1NC(=O)[C@@H]1CCCN(c2ccc(-c3cccs3)nn2)C1. The van der Waals surface area contributed by atoms with E-state index in [1.165, 1.54) is 0 Å². The summed E-state index contributed by atoms with van der Waals surface area (Å²) >= 11 is 1.65. The molecule has 4 rings (SSSR count). The molecule has 0 spiro atoms. The molecule has 27 heavy (non-hydrogen) atoms. The monoisotopic (exact) mass is 379 g/mol. The smallest absolute Gasteiger partial charge is 0.230 e. The van der Waals surface area contributed by atoms with E-state index >= 15 is 0 Å². The third-order valence-corrected chi connectivity index (χ3v) is 5.68. The minimum atomic E-state index is -0.0843. The van der Waals surface area contributed by atoms with Crippen LogP contribution >= 0.6 is 11.3 Å². The Bertz CT molecular complexity index is 910. The van der Waals surface area contributed by atoms with Crippen LogP contribution in [0.15, 0.2) is 48.0 Å². The second-order valence-electron chi connectivity index (χ2n) is 6.70. The highest BCUT2D eigenvalue weighted by Crippen LogP contribution is 2.26. The molecule has 0 radical (unpaired) electrons. The number of anilines is 2. The van der Waals surface area contributed by atoms with Gasteiger partial charge in [-0.1, -0.05) is 12.1 Å². The van der Waals surface area contributed by atoms with E-state index in [-0.39, 0.29) is 11.8 Å². The van der Waals surface area contributed by atoms with E-state index < -0.39 is 0 Å². The fourth-order valence-corrected chi connectivity index (χ4v) is 3.97. The normalized spacial score (nSPS) is 16.9. The lowest BCUT2D eigenvalue weighted by molar-refractivity contribution is -0.120. The number of pyridine rings is 1. The molecule has 1 atom stereocenters. The summed E-state index contributed by atoms with van der Waals surface area (Å²) in [6.45, 7) is 3.48. The number of hydrogen-bond donors (Lipinski definition) is 1. The maximum atomic E-state index is 12.7. The van der Waals surface area contributed by atoms with Gasteiger partial charge in [-0.25, -0.2) is 4.98 Å². The van der Waals surface area contributed by atoms with Crippen LogP contribution in [0.2, 0.25) is 0 Å². The van der Waals surface area contributed by atoms with E-state index in [9.17, 15) is 4.79 Å². The molecule has 1 fully saturated rings. The predicted octanol–water partition coefficient (Wildman–Crippen LogP) is 3.76. The number of carbonyl (C=O) groups is 1. The third kappa shape index (κ3) is 3.98. The van der Waals surface area contributed by atoms with Gasteiger partial charge in [0.15, 0.2) is 5.82 Å². The number of nitrogens with one attached hydrogen (secondary N) is 1. The second kappa shape index (κ2) is 7.84. The molecular formula is C20H21N5OS. The Morgan fingerprint density at radius 3 is 2.89 bits per heavy atom. The number of aromatic nitrogens is 3. The Morgan fingerprint density at radius 1 is 1.22 bits per heavy atom. The average molecular weight is 379 g/mol. The Morgan fingerprint density at radius 2 is 2.15 bits per heavy atom. The zero-order chi connectivity index (χ0) is 18.6. The summed E-state index contributed by atoms with van der Waals surface area (Å²) in [6.07, 6.45) is 3.52. The van der Waals surface area contributed by atoms with Crippen molar-refractivity contribution in [1.82, 2.24) is 15.2 Å². The molecule has 1 aliphatic rings. The van der Waals surface area contributed by atoms with E-state index in [1.807, 2.05) is 48.7 Å². The summed E-state index contributed by atoms with van der Waals surface area (Å²) in [7, 11) is 0. The first kappa shape index (κ1) is 17.6. The zero-order valence-electron chi connectivity index (χ0n) is 15.1. The molecule has 0 aliphatic carbocycles. The van der Waals surface area contributed by atoms with Crippen LogP contribution in [0, 0.1) is 12.8 Å². The quantitative estimate of drug-likeness (QED) is 0.747.